The lowest BCUT2D eigenvalue weighted by Crippen LogP contribution is -2.38. The second-order valence-electron chi connectivity index (χ2n) is 10.2. The molecule has 0 radical (unpaired) electrons. The van der Waals surface area contributed by atoms with Crippen LogP contribution in [0.5, 0.6) is 0 Å². The van der Waals surface area contributed by atoms with Crippen molar-refractivity contribution in [2.75, 3.05) is 6.61 Å². The molecule has 0 aliphatic heterocycles. The van der Waals surface area contributed by atoms with E-state index in [1.54, 1.807) is 12.3 Å². The summed E-state index contributed by atoms with van der Waals surface area (Å²) in [5.74, 6) is -0.856. The van der Waals surface area contributed by atoms with Gasteiger partial charge in [-0.25, -0.2) is 18.7 Å². The molecular formula is C26H25F2N7O2. The number of benzene rings is 1. The first-order valence-corrected chi connectivity index (χ1v) is 12.1. The Morgan fingerprint density at radius 3 is 2.68 bits per heavy atom. The van der Waals surface area contributed by atoms with Gasteiger partial charge in [-0.05, 0) is 54.0 Å². The highest BCUT2D eigenvalue weighted by atomic mass is 19.1. The molecular weight excluding hydrogens is 480 g/mol. The van der Waals surface area contributed by atoms with Crippen LogP contribution in [0, 0.1) is 17.0 Å². The van der Waals surface area contributed by atoms with Crippen LogP contribution >= 0.6 is 0 Å². The van der Waals surface area contributed by atoms with Gasteiger partial charge < -0.3 is 10.2 Å². The first kappa shape index (κ1) is 23.7. The summed E-state index contributed by atoms with van der Waals surface area (Å²) >= 11 is 0. The van der Waals surface area contributed by atoms with Crippen molar-refractivity contribution in [2.24, 2.45) is 5.41 Å². The van der Waals surface area contributed by atoms with E-state index < -0.39 is 29.8 Å². The van der Waals surface area contributed by atoms with Crippen LogP contribution in [0.3, 0.4) is 0 Å². The highest BCUT2D eigenvalue weighted by molar-refractivity contribution is 5.64. The van der Waals surface area contributed by atoms with Crippen molar-refractivity contribution in [2.45, 2.75) is 50.7 Å². The monoisotopic (exact) mass is 505 g/mol. The van der Waals surface area contributed by atoms with Crippen LogP contribution in [0.4, 0.5) is 8.78 Å². The summed E-state index contributed by atoms with van der Waals surface area (Å²) in [7, 11) is 0. The van der Waals surface area contributed by atoms with Crippen LogP contribution < -0.4 is 0 Å². The summed E-state index contributed by atoms with van der Waals surface area (Å²) in [6.07, 6.45) is 3.89. The minimum atomic E-state index is -0.973. The standard InChI is InChI=1S/C26H25F2N7O2/c1-25(2)16-6-8-26(25,23-15(16)10-19(32-33-23)22-17(27)4-3-5-18(22)28)21-7-9-29-24(31-21)20-11-30-35(34-20)12-14(37)13-36/h3-5,7,9-11,14,16,36-37H,6,8,12-13H2,1-2H3/t14-,16+,26-/m1/s1. The number of aliphatic hydroxyl groups is 2. The molecule has 0 unspecified atom stereocenters. The van der Waals surface area contributed by atoms with E-state index in [-0.39, 0.29) is 29.1 Å². The zero-order chi connectivity index (χ0) is 25.9. The van der Waals surface area contributed by atoms with Crippen molar-refractivity contribution < 1.29 is 19.0 Å². The maximum atomic E-state index is 14.5. The molecule has 3 aromatic heterocycles. The van der Waals surface area contributed by atoms with Crippen LogP contribution in [0.25, 0.3) is 22.8 Å². The quantitative estimate of drug-likeness (QED) is 0.410. The van der Waals surface area contributed by atoms with Gasteiger partial charge in [-0.2, -0.15) is 15.0 Å². The molecule has 0 amide bonds. The Labute approximate surface area is 211 Å². The zero-order valence-electron chi connectivity index (χ0n) is 20.3. The van der Waals surface area contributed by atoms with Crippen molar-refractivity contribution in [1.29, 1.82) is 0 Å². The van der Waals surface area contributed by atoms with Crippen LogP contribution in [0.15, 0.2) is 42.7 Å². The largest absolute Gasteiger partial charge is 0.394 e. The molecule has 0 saturated heterocycles. The molecule has 11 heteroatoms. The highest BCUT2D eigenvalue weighted by Gasteiger charge is 2.65. The predicted octanol–water partition coefficient (Wildman–Crippen LogP) is 3.03. The molecule has 6 rings (SSSR count). The molecule has 37 heavy (non-hydrogen) atoms. The molecule has 3 atom stereocenters. The third-order valence-corrected chi connectivity index (χ3v) is 8.04. The van der Waals surface area contributed by atoms with Crippen LogP contribution in [-0.4, -0.2) is 58.1 Å². The SMILES string of the molecule is CC1(C)[C@H]2CC[C@@]1(c1ccnc(-c3cnn(C[C@@H](O)CO)n3)n1)c1nnc(-c3c(F)cccc3F)cc12. The molecule has 2 aliphatic carbocycles. The van der Waals surface area contributed by atoms with Crippen molar-refractivity contribution >= 4 is 0 Å². The third kappa shape index (κ3) is 3.41. The van der Waals surface area contributed by atoms with Crippen molar-refractivity contribution in [3.8, 4) is 22.8 Å². The van der Waals surface area contributed by atoms with Gasteiger partial charge in [0, 0.05) is 6.20 Å². The van der Waals surface area contributed by atoms with Gasteiger partial charge >= 0.3 is 0 Å². The summed E-state index contributed by atoms with van der Waals surface area (Å²) in [6.45, 7) is 3.99. The van der Waals surface area contributed by atoms with E-state index in [1.165, 1.54) is 29.2 Å². The molecule has 4 aromatic rings. The summed E-state index contributed by atoms with van der Waals surface area (Å²) in [5.41, 5.74) is 2.07. The number of halogens is 2. The molecule has 1 fully saturated rings. The minimum absolute atomic E-state index is 0.0444. The Bertz CT molecular complexity index is 1490. The lowest BCUT2D eigenvalue weighted by Gasteiger charge is -2.37. The molecule has 3 heterocycles. The summed E-state index contributed by atoms with van der Waals surface area (Å²) in [6, 6.07) is 7.41. The number of fused-ring (bicyclic) bond motifs is 5. The molecule has 9 nitrogen and oxygen atoms in total. The number of nitrogens with zero attached hydrogens (tertiary/aromatic N) is 7. The highest BCUT2D eigenvalue weighted by Crippen LogP contribution is 2.69. The second-order valence-corrected chi connectivity index (χ2v) is 10.2. The van der Waals surface area contributed by atoms with Crippen LogP contribution in [-0.2, 0) is 12.0 Å². The van der Waals surface area contributed by atoms with Gasteiger partial charge in [-0.1, -0.05) is 19.9 Å². The smallest absolute Gasteiger partial charge is 0.181 e. The van der Waals surface area contributed by atoms with E-state index in [2.05, 4.69) is 39.2 Å². The Balaban J connectivity index is 1.43. The Morgan fingerprint density at radius 2 is 1.92 bits per heavy atom. The first-order chi connectivity index (χ1) is 17.8. The lowest BCUT2D eigenvalue weighted by atomic mass is 9.66. The van der Waals surface area contributed by atoms with Gasteiger partial charge in [0.15, 0.2) is 5.82 Å². The lowest BCUT2D eigenvalue weighted by molar-refractivity contribution is 0.0746. The average Bonchev–Trinajstić information content (AvgIpc) is 3.51. The van der Waals surface area contributed by atoms with Gasteiger partial charge in [-0.15, -0.1) is 10.2 Å². The normalized spacial score (nSPS) is 22.3. The van der Waals surface area contributed by atoms with E-state index in [0.717, 1.165) is 29.8 Å². The molecule has 2 N–H and O–H groups in total. The fraction of sp³-hybridized carbons (Fsp3) is 0.385. The maximum Gasteiger partial charge on any atom is 0.181 e. The van der Waals surface area contributed by atoms with Crippen molar-refractivity contribution in [1.82, 2.24) is 35.2 Å². The van der Waals surface area contributed by atoms with Gasteiger partial charge in [0.25, 0.3) is 0 Å². The van der Waals surface area contributed by atoms with E-state index >= 15 is 0 Å². The summed E-state index contributed by atoms with van der Waals surface area (Å²) in [5, 5.41) is 36.1. The Kier molecular flexibility index (Phi) is 5.39. The van der Waals surface area contributed by atoms with Gasteiger partial charge in [0.05, 0.1) is 53.5 Å². The number of hydrogen-bond donors (Lipinski definition) is 2. The fourth-order valence-electron chi connectivity index (χ4n) is 6.21. The number of hydrogen-bond acceptors (Lipinski definition) is 8. The molecule has 2 bridgehead atoms. The number of aromatic nitrogens is 7. The van der Waals surface area contributed by atoms with E-state index in [4.69, 9.17) is 10.1 Å². The molecule has 190 valence electrons. The van der Waals surface area contributed by atoms with Gasteiger partial charge in [0.2, 0.25) is 0 Å². The number of aliphatic hydroxyl groups excluding tert-OH is 2. The predicted molar refractivity (Wildman–Crippen MR) is 128 cm³/mol. The Morgan fingerprint density at radius 1 is 1.14 bits per heavy atom. The summed E-state index contributed by atoms with van der Waals surface area (Å²) in [4.78, 5) is 10.6. The van der Waals surface area contributed by atoms with Crippen LogP contribution in [0.1, 0.15) is 49.6 Å². The van der Waals surface area contributed by atoms with E-state index in [0.29, 0.717) is 11.5 Å². The van der Waals surface area contributed by atoms with Crippen LogP contribution in [0.2, 0.25) is 0 Å². The first-order valence-electron chi connectivity index (χ1n) is 12.1. The fourth-order valence-corrected chi connectivity index (χ4v) is 6.21. The summed E-state index contributed by atoms with van der Waals surface area (Å²) < 4.78 is 29.0. The molecule has 0 spiro atoms. The van der Waals surface area contributed by atoms with Crippen molar-refractivity contribution in [3.05, 3.63) is 71.3 Å². The maximum absolute atomic E-state index is 14.5. The van der Waals surface area contributed by atoms with E-state index in [1.807, 2.05) is 6.07 Å². The number of rotatable bonds is 6. The van der Waals surface area contributed by atoms with E-state index in [9.17, 15) is 13.9 Å². The third-order valence-electron chi connectivity index (χ3n) is 8.04. The molecule has 2 aliphatic rings. The van der Waals surface area contributed by atoms with Crippen molar-refractivity contribution in [3.63, 3.8) is 0 Å². The minimum Gasteiger partial charge on any atom is -0.394 e. The average molecular weight is 506 g/mol. The molecule has 1 aromatic carbocycles. The Hall–Kier alpha value is -3.70. The van der Waals surface area contributed by atoms with Gasteiger partial charge in [0.1, 0.15) is 17.3 Å². The second kappa shape index (κ2) is 8.42. The molecule has 1 saturated carbocycles. The van der Waals surface area contributed by atoms with Gasteiger partial charge in [-0.3, -0.25) is 0 Å². The topological polar surface area (TPSA) is 123 Å². The zero-order valence-corrected chi connectivity index (χ0v) is 20.3.